The molecule has 0 aromatic carbocycles. The second-order valence-corrected chi connectivity index (χ2v) is 2.90. The van der Waals surface area contributed by atoms with Crippen molar-refractivity contribution in [2.75, 3.05) is 13.2 Å². The average Bonchev–Trinajstić information content (AvgIpc) is 2.00. The highest BCUT2D eigenvalue weighted by molar-refractivity contribution is 5.59. The van der Waals surface area contributed by atoms with Gasteiger partial charge in [-0.15, -0.1) is 0 Å². The fourth-order valence-corrected chi connectivity index (χ4v) is 0.516. The van der Waals surface area contributed by atoms with Crippen molar-refractivity contribution in [2.45, 2.75) is 26.8 Å². The van der Waals surface area contributed by atoms with Gasteiger partial charge in [-0.3, -0.25) is 0 Å². The van der Waals surface area contributed by atoms with Gasteiger partial charge in [0, 0.05) is 6.04 Å². The Morgan fingerprint density at radius 1 is 1.42 bits per heavy atom. The molecule has 0 bridgehead atoms. The Kier molecular flexibility index (Phi) is 5.45. The minimum atomic E-state index is -0.645. The maximum atomic E-state index is 10.7. The molecule has 0 aromatic heterocycles. The molecule has 0 aliphatic carbocycles. The molecule has 1 atom stereocenters. The first kappa shape index (κ1) is 11.2. The lowest BCUT2D eigenvalue weighted by Crippen LogP contribution is -2.32. The molecule has 72 valence electrons. The molecule has 0 saturated carbocycles. The quantitative estimate of drug-likeness (QED) is 0.651. The number of hydrogen-bond donors (Lipinski definition) is 1. The predicted octanol–water partition coefficient (Wildman–Crippen LogP) is 1.14. The maximum Gasteiger partial charge on any atom is 0.508 e. The number of rotatable bonds is 4. The fraction of sp³-hybridized carbons (Fsp3) is 0.875. The molecular formula is C8H17NO3. The molecule has 0 unspecified atom stereocenters. The number of nitrogens with two attached hydrogens (primary N) is 1. The minimum Gasteiger partial charge on any atom is -0.435 e. The zero-order valence-electron chi connectivity index (χ0n) is 7.87. The third-order valence-corrected chi connectivity index (χ3v) is 1.51. The van der Waals surface area contributed by atoms with Crippen LogP contribution in [0.3, 0.4) is 0 Å². The van der Waals surface area contributed by atoms with E-state index in [0.29, 0.717) is 12.5 Å². The zero-order chi connectivity index (χ0) is 9.56. The van der Waals surface area contributed by atoms with E-state index in [1.165, 1.54) is 0 Å². The largest absolute Gasteiger partial charge is 0.508 e. The average molecular weight is 175 g/mol. The number of hydrogen-bond acceptors (Lipinski definition) is 4. The van der Waals surface area contributed by atoms with Gasteiger partial charge in [0.05, 0.1) is 6.61 Å². The van der Waals surface area contributed by atoms with Crippen LogP contribution in [0.1, 0.15) is 20.8 Å². The van der Waals surface area contributed by atoms with Gasteiger partial charge in [0.1, 0.15) is 6.61 Å². The van der Waals surface area contributed by atoms with Crippen LogP contribution in [0.5, 0.6) is 0 Å². The molecule has 0 aliphatic rings. The van der Waals surface area contributed by atoms with Crippen LogP contribution in [0, 0.1) is 5.92 Å². The summed E-state index contributed by atoms with van der Waals surface area (Å²) >= 11 is 0. The molecule has 0 aromatic rings. The van der Waals surface area contributed by atoms with Crippen LogP contribution in [0.4, 0.5) is 4.79 Å². The highest BCUT2D eigenvalue weighted by Gasteiger charge is 2.10. The van der Waals surface area contributed by atoms with Gasteiger partial charge in [-0.25, -0.2) is 4.79 Å². The number of carbonyl (C=O) groups is 1. The third-order valence-electron chi connectivity index (χ3n) is 1.51. The maximum absolute atomic E-state index is 10.7. The third kappa shape index (κ3) is 4.96. The second-order valence-electron chi connectivity index (χ2n) is 2.90. The van der Waals surface area contributed by atoms with Gasteiger partial charge in [-0.05, 0) is 12.8 Å². The van der Waals surface area contributed by atoms with Gasteiger partial charge >= 0.3 is 6.16 Å². The molecule has 0 heterocycles. The number of ether oxygens (including phenoxy) is 2. The highest BCUT2D eigenvalue weighted by atomic mass is 16.7. The topological polar surface area (TPSA) is 61.5 Å². The van der Waals surface area contributed by atoms with Crippen molar-refractivity contribution >= 4 is 6.16 Å². The van der Waals surface area contributed by atoms with Crippen LogP contribution >= 0.6 is 0 Å². The molecule has 0 saturated heterocycles. The Bertz CT molecular complexity index is 136. The molecule has 0 spiro atoms. The summed E-state index contributed by atoms with van der Waals surface area (Å²) < 4.78 is 9.27. The summed E-state index contributed by atoms with van der Waals surface area (Å²) in [6.45, 7) is 6.22. The van der Waals surface area contributed by atoms with Gasteiger partial charge in [0.25, 0.3) is 0 Å². The molecule has 12 heavy (non-hydrogen) atoms. The van der Waals surface area contributed by atoms with E-state index in [4.69, 9.17) is 10.5 Å². The van der Waals surface area contributed by atoms with Crippen molar-refractivity contribution in [3.8, 4) is 0 Å². The Labute approximate surface area is 73.0 Å². The van der Waals surface area contributed by atoms with E-state index in [1.54, 1.807) is 6.92 Å². The van der Waals surface area contributed by atoms with E-state index < -0.39 is 6.16 Å². The first-order valence-electron chi connectivity index (χ1n) is 4.13. The summed E-state index contributed by atoms with van der Waals surface area (Å²) in [4.78, 5) is 10.7. The van der Waals surface area contributed by atoms with Crippen LogP contribution in [-0.4, -0.2) is 25.4 Å². The van der Waals surface area contributed by atoms with E-state index in [9.17, 15) is 4.79 Å². The molecule has 0 rings (SSSR count). The Morgan fingerprint density at radius 3 is 2.42 bits per heavy atom. The molecule has 0 aliphatic heterocycles. The van der Waals surface area contributed by atoms with Crippen LogP contribution in [0.15, 0.2) is 0 Å². The predicted molar refractivity (Wildman–Crippen MR) is 45.8 cm³/mol. The van der Waals surface area contributed by atoms with Crippen LogP contribution < -0.4 is 5.73 Å². The molecule has 0 radical (unpaired) electrons. The number of carbonyl (C=O) groups excluding carboxylic acids is 1. The molecule has 0 fully saturated rings. The lowest BCUT2D eigenvalue weighted by Gasteiger charge is -2.14. The normalized spacial score (nSPS) is 12.8. The minimum absolute atomic E-state index is 0.116. The van der Waals surface area contributed by atoms with E-state index >= 15 is 0 Å². The van der Waals surface area contributed by atoms with Crippen molar-refractivity contribution in [3.63, 3.8) is 0 Å². The Hall–Kier alpha value is -0.770. The molecule has 4 heteroatoms. The molecule has 4 nitrogen and oxygen atoms in total. The highest BCUT2D eigenvalue weighted by Crippen LogP contribution is 1.99. The van der Waals surface area contributed by atoms with Crippen LogP contribution in [0.2, 0.25) is 0 Å². The van der Waals surface area contributed by atoms with E-state index in [0.717, 1.165) is 0 Å². The fourth-order valence-electron chi connectivity index (χ4n) is 0.516. The lowest BCUT2D eigenvalue weighted by atomic mass is 10.1. The van der Waals surface area contributed by atoms with Gasteiger partial charge in [0.2, 0.25) is 0 Å². The van der Waals surface area contributed by atoms with Crippen molar-refractivity contribution in [1.82, 2.24) is 0 Å². The van der Waals surface area contributed by atoms with Crippen LogP contribution in [-0.2, 0) is 9.47 Å². The smallest absolute Gasteiger partial charge is 0.435 e. The summed E-state index contributed by atoms with van der Waals surface area (Å²) in [5, 5.41) is 0. The zero-order valence-corrected chi connectivity index (χ0v) is 7.87. The summed E-state index contributed by atoms with van der Waals surface area (Å²) in [5.74, 6) is 0.305. The summed E-state index contributed by atoms with van der Waals surface area (Å²) in [6, 6.07) is -0.116. The monoisotopic (exact) mass is 175 g/mol. The summed E-state index contributed by atoms with van der Waals surface area (Å²) in [5.41, 5.74) is 5.63. The molecule has 2 N–H and O–H groups in total. The Balaban J connectivity index is 3.47. The van der Waals surface area contributed by atoms with Gasteiger partial charge in [0.15, 0.2) is 0 Å². The SMILES string of the molecule is CCOC(=O)OC[C@@H](N)C(C)C. The van der Waals surface area contributed by atoms with E-state index in [1.807, 2.05) is 13.8 Å². The van der Waals surface area contributed by atoms with Crippen molar-refractivity contribution in [3.05, 3.63) is 0 Å². The summed E-state index contributed by atoms with van der Waals surface area (Å²) in [7, 11) is 0. The van der Waals surface area contributed by atoms with Gasteiger partial charge in [-0.1, -0.05) is 13.8 Å². The molecule has 0 amide bonds. The Morgan fingerprint density at radius 2 is 2.00 bits per heavy atom. The van der Waals surface area contributed by atoms with E-state index in [2.05, 4.69) is 4.74 Å². The van der Waals surface area contributed by atoms with E-state index in [-0.39, 0.29) is 12.6 Å². The standard InChI is InChI=1S/C8H17NO3/c1-4-11-8(10)12-5-7(9)6(2)3/h6-7H,4-5,9H2,1-3H3/t7-/m1/s1. The van der Waals surface area contributed by atoms with Gasteiger partial charge < -0.3 is 15.2 Å². The van der Waals surface area contributed by atoms with Crippen molar-refractivity contribution < 1.29 is 14.3 Å². The lowest BCUT2D eigenvalue weighted by molar-refractivity contribution is 0.0517. The first-order chi connectivity index (χ1) is 5.57. The molecular weight excluding hydrogens is 158 g/mol. The van der Waals surface area contributed by atoms with Crippen molar-refractivity contribution in [1.29, 1.82) is 0 Å². The van der Waals surface area contributed by atoms with Crippen LogP contribution in [0.25, 0.3) is 0 Å². The van der Waals surface area contributed by atoms with Gasteiger partial charge in [-0.2, -0.15) is 0 Å². The summed E-state index contributed by atoms with van der Waals surface area (Å²) in [6.07, 6.45) is -0.645. The first-order valence-corrected chi connectivity index (χ1v) is 4.13. The van der Waals surface area contributed by atoms with Crippen molar-refractivity contribution in [2.24, 2.45) is 11.7 Å². The second kappa shape index (κ2) is 5.83.